The maximum Gasteiger partial charge on any atom is 0.410 e. The second kappa shape index (κ2) is 10.1. The van der Waals surface area contributed by atoms with E-state index in [1.807, 2.05) is 62.1 Å². The van der Waals surface area contributed by atoms with E-state index < -0.39 is 5.60 Å². The fraction of sp³-hybridized carbons (Fsp3) is 0.423. The van der Waals surface area contributed by atoms with Gasteiger partial charge < -0.3 is 19.4 Å². The number of hydrogen-bond acceptors (Lipinski definition) is 5. The Kier molecular flexibility index (Phi) is 7.16. The minimum Gasteiger partial charge on any atom is -0.444 e. The molecule has 2 aromatic carbocycles. The Balaban J connectivity index is 1.36. The number of para-hydroxylation sites is 1. The fourth-order valence-corrected chi connectivity index (χ4v) is 5.09. The van der Waals surface area contributed by atoms with E-state index in [2.05, 4.69) is 6.07 Å². The van der Waals surface area contributed by atoms with Crippen LogP contribution in [0.4, 0.5) is 10.5 Å². The highest BCUT2D eigenvalue weighted by molar-refractivity contribution is 8.00. The Labute approximate surface area is 205 Å². The number of benzene rings is 2. The van der Waals surface area contributed by atoms with Gasteiger partial charge in [-0.3, -0.25) is 9.59 Å². The zero-order chi connectivity index (χ0) is 24.3. The number of rotatable bonds is 4. The summed E-state index contributed by atoms with van der Waals surface area (Å²) in [6.45, 7) is 7.97. The summed E-state index contributed by atoms with van der Waals surface area (Å²) in [5.41, 5.74) is 2.23. The first-order valence-corrected chi connectivity index (χ1v) is 12.6. The highest BCUT2D eigenvalue weighted by Crippen LogP contribution is 2.30. The molecule has 2 aliphatic rings. The molecule has 0 unspecified atom stereocenters. The summed E-state index contributed by atoms with van der Waals surface area (Å²) in [7, 11) is 0. The van der Waals surface area contributed by atoms with Crippen LogP contribution in [0.5, 0.6) is 0 Å². The predicted octanol–water partition coefficient (Wildman–Crippen LogP) is 4.06. The third-order valence-corrected chi connectivity index (χ3v) is 6.93. The van der Waals surface area contributed by atoms with Crippen molar-refractivity contribution in [3.8, 4) is 0 Å². The Morgan fingerprint density at radius 3 is 2.26 bits per heavy atom. The number of carbonyl (C=O) groups is 3. The molecule has 34 heavy (non-hydrogen) atoms. The van der Waals surface area contributed by atoms with Gasteiger partial charge in [-0.2, -0.15) is 0 Å². The van der Waals surface area contributed by atoms with E-state index in [1.54, 1.807) is 15.9 Å². The summed E-state index contributed by atoms with van der Waals surface area (Å²) in [6.07, 6.45) is 0.522. The van der Waals surface area contributed by atoms with Crippen LogP contribution in [-0.4, -0.2) is 71.8 Å². The van der Waals surface area contributed by atoms with Crippen molar-refractivity contribution < 1.29 is 19.1 Å². The van der Waals surface area contributed by atoms with Gasteiger partial charge in [-0.1, -0.05) is 30.3 Å². The molecule has 0 spiro atoms. The molecular weight excluding hydrogens is 450 g/mol. The molecule has 2 aromatic rings. The number of nitrogens with zero attached hydrogens (tertiary/aromatic N) is 3. The minimum atomic E-state index is -0.547. The summed E-state index contributed by atoms with van der Waals surface area (Å²) in [6, 6.07) is 15.4. The molecule has 0 N–H and O–H groups in total. The Hall–Kier alpha value is -3.00. The predicted molar refractivity (Wildman–Crippen MR) is 133 cm³/mol. The van der Waals surface area contributed by atoms with E-state index in [0.29, 0.717) is 38.3 Å². The summed E-state index contributed by atoms with van der Waals surface area (Å²) in [5, 5.41) is 0. The quantitative estimate of drug-likeness (QED) is 0.616. The molecule has 2 aliphatic heterocycles. The van der Waals surface area contributed by atoms with Crippen LogP contribution < -0.4 is 4.90 Å². The van der Waals surface area contributed by atoms with Gasteiger partial charge >= 0.3 is 6.09 Å². The van der Waals surface area contributed by atoms with Crippen LogP contribution >= 0.6 is 11.8 Å². The van der Waals surface area contributed by atoms with Gasteiger partial charge in [0, 0.05) is 43.3 Å². The number of fused-ring (bicyclic) bond motifs is 1. The molecule has 4 rings (SSSR count). The van der Waals surface area contributed by atoms with Gasteiger partial charge in [0.15, 0.2) is 0 Å². The molecule has 0 radical (unpaired) electrons. The maximum atomic E-state index is 13.3. The summed E-state index contributed by atoms with van der Waals surface area (Å²) < 4.78 is 5.44. The third-order valence-electron chi connectivity index (χ3n) is 5.88. The molecule has 3 amide bonds. The number of anilines is 1. The van der Waals surface area contributed by atoms with E-state index in [9.17, 15) is 14.4 Å². The van der Waals surface area contributed by atoms with E-state index >= 15 is 0 Å². The van der Waals surface area contributed by atoms with Gasteiger partial charge in [0.25, 0.3) is 5.91 Å². The number of hydrogen-bond donors (Lipinski definition) is 0. The Morgan fingerprint density at radius 1 is 0.882 bits per heavy atom. The lowest BCUT2D eigenvalue weighted by Gasteiger charge is -2.35. The van der Waals surface area contributed by atoms with E-state index in [-0.39, 0.29) is 23.7 Å². The van der Waals surface area contributed by atoms with Gasteiger partial charge in [0.2, 0.25) is 5.91 Å². The highest BCUT2D eigenvalue weighted by Gasteiger charge is 2.29. The average molecular weight is 482 g/mol. The number of piperazine rings is 1. The summed E-state index contributed by atoms with van der Waals surface area (Å²) in [5.74, 6) is 0.236. The number of thioether (sulfide) groups is 1. The van der Waals surface area contributed by atoms with Crippen LogP contribution in [0.1, 0.15) is 36.7 Å². The molecule has 8 heteroatoms. The van der Waals surface area contributed by atoms with Crippen molar-refractivity contribution in [3.05, 3.63) is 59.7 Å². The molecule has 0 atom stereocenters. The van der Waals surface area contributed by atoms with Crippen LogP contribution in [-0.2, 0) is 16.0 Å². The highest BCUT2D eigenvalue weighted by atomic mass is 32.2. The number of carbonyl (C=O) groups excluding carboxylic acids is 3. The molecule has 0 saturated carbocycles. The molecular formula is C26H31N3O4S. The molecule has 180 valence electrons. The van der Waals surface area contributed by atoms with E-state index in [1.165, 1.54) is 17.3 Å². The average Bonchev–Trinajstić information content (AvgIpc) is 3.26. The lowest BCUT2D eigenvalue weighted by molar-refractivity contribution is -0.116. The summed E-state index contributed by atoms with van der Waals surface area (Å²) in [4.78, 5) is 44.5. The Morgan fingerprint density at radius 2 is 1.53 bits per heavy atom. The fourth-order valence-electron chi connectivity index (χ4n) is 4.17. The molecule has 2 heterocycles. The Bertz CT molecular complexity index is 1070. The molecule has 1 saturated heterocycles. The monoisotopic (exact) mass is 481 g/mol. The van der Waals surface area contributed by atoms with Gasteiger partial charge in [-0.15, -0.1) is 11.8 Å². The van der Waals surface area contributed by atoms with Crippen molar-refractivity contribution in [1.82, 2.24) is 9.80 Å². The zero-order valence-electron chi connectivity index (χ0n) is 20.0. The number of ether oxygens (including phenoxy) is 1. The smallest absolute Gasteiger partial charge is 0.410 e. The van der Waals surface area contributed by atoms with Crippen molar-refractivity contribution in [2.75, 3.05) is 43.4 Å². The van der Waals surface area contributed by atoms with Crippen molar-refractivity contribution in [3.63, 3.8) is 0 Å². The van der Waals surface area contributed by atoms with Crippen LogP contribution in [0.2, 0.25) is 0 Å². The standard InChI is InChI=1S/C26H31N3O4S/c1-26(2,3)33-25(32)28-16-14-27(15-17-28)24(31)20-9-5-7-11-22(20)34-18-23(30)29-13-12-19-8-4-6-10-21(19)29/h4-11H,12-18H2,1-3H3. The van der Waals surface area contributed by atoms with Gasteiger partial charge in [-0.05, 0) is 51.0 Å². The van der Waals surface area contributed by atoms with Crippen LogP contribution in [0, 0.1) is 0 Å². The number of amides is 3. The van der Waals surface area contributed by atoms with Crippen molar-refractivity contribution in [2.45, 2.75) is 37.7 Å². The lowest BCUT2D eigenvalue weighted by Crippen LogP contribution is -2.51. The first-order chi connectivity index (χ1) is 16.2. The normalized spacial score (nSPS) is 15.8. The molecule has 1 fully saturated rings. The van der Waals surface area contributed by atoms with Crippen molar-refractivity contribution in [1.29, 1.82) is 0 Å². The van der Waals surface area contributed by atoms with Crippen LogP contribution in [0.3, 0.4) is 0 Å². The van der Waals surface area contributed by atoms with Crippen LogP contribution in [0.15, 0.2) is 53.4 Å². The summed E-state index contributed by atoms with van der Waals surface area (Å²) >= 11 is 1.40. The largest absolute Gasteiger partial charge is 0.444 e. The van der Waals surface area contributed by atoms with E-state index in [4.69, 9.17) is 4.74 Å². The zero-order valence-corrected chi connectivity index (χ0v) is 20.8. The minimum absolute atomic E-state index is 0.0446. The lowest BCUT2D eigenvalue weighted by atomic mass is 10.2. The first kappa shape index (κ1) is 24.1. The molecule has 0 bridgehead atoms. The van der Waals surface area contributed by atoms with Crippen molar-refractivity contribution in [2.24, 2.45) is 0 Å². The van der Waals surface area contributed by atoms with Gasteiger partial charge in [0.05, 0.1) is 11.3 Å². The maximum absolute atomic E-state index is 13.3. The van der Waals surface area contributed by atoms with E-state index in [0.717, 1.165) is 17.0 Å². The first-order valence-electron chi connectivity index (χ1n) is 11.6. The third kappa shape index (κ3) is 5.55. The molecule has 0 aliphatic carbocycles. The molecule has 0 aromatic heterocycles. The second-order valence-electron chi connectivity index (χ2n) is 9.47. The second-order valence-corrected chi connectivity index (χ2v) is 10.5. The molecule has 7 nitrogen and oxygen atoms in total. The SMILES string of the molecule is CC(C)(C)OC(=O)N1CCN(C(=O)c2ccccc2SCC(=O)N2CCc3ccccc32)CC1. The topological polar surface area (TPSA) is 70.2 Å². The van der Waals surface area contributed by atoms with Gasteiger partial charge in [0.1, 0.15) is 5.60 Å². The van der Waals surface area contributed by atoms with Gasteiger partial charge in [-0.25, -0.2) is 4.79 Å². The van der Waals surface area contributed by atoms with Crippen molar-refractivity contribution >= 4 is 35.4 Å². The van der Waals surface area contributed by atoms with Crippen LogP contribution in [0.25, 0.3) is 0 Å².